The molecule has 0 bridgehead atoms. The Bertz CT molecular complexity index is 754. The number of benzene rings is 1. The highest BCUT2D eigenvalue weighted by Gasteiger charge is 2.23. The largest absolute Gasteiger partial charge is 0.371 e. The first-order chi connectivity index (χ1) is 10.4. The van der Waals surface area contributed by atoms with E-state index in [1.165, 1.54) is 5.56 Å². The number of thiophene rings is 1. The van der Waals surface area contributed by atoms with Gasteiger partial charge in [0.15, 0.2) is 14.8 Å². The number of hydrogen-bond donors (Lipinski definition) is 1. The maximum Gasteiger partial charge on any atom is 0.304 e. The molecule has 1 aromatic heterocycles. The Hall–Kier alpha value is -1.93. The van der Waals surface area contributed by atoms with E-state index in [2.05, 4.69) is 5.32 Å². The Kier molecular flexibility index (Phi) is 5.15. The zero-order chi connectivity index (χ0) is 16.2. The van der Waals surface area contributed by atoms with E-state index in [-0.39, 0.29) is 9.90 Å². The predicted octanol–water partition coefficient (Wildman–Crippen LogP) is 3.10. The second-order valence-corrected chi connectivity index (χ2v) is 8.12. The average Bonchev–Trinajstić information content (AvgIpc) is 2.89. The molecule has 0 fully saturated rings. The predicted molar refractivity (Wildman–Crippen MR) is 87.3 cm³/mol. The molecule has 0 aliphatic carbocycles. The molecule has 0 amide bonds. The first kappa shape index (κ1) is 16.4. The van der Waals surface area contributed by atoms with Gasteiger partial charge in [0.2, 0.25) is 0 Å². The summed E-state index contributed by atoms with van der Waals surface area (Å²) >= 11 is 0.900. The molecule has 1 heterocycles. The van der Waals surface area contributed by atoms with Gasteiger partial charge in [-0.2, -0.15) is 0 Å². The second kappa shape index (κ2) is 6.89. The molecule has 1 aromatic carbocycles. The van der Waals surface area contributed by atoms with Crippen molar-refractivity contribution >= 4 is 31.9 Å². The van der Waals surface area contributed by atoms with Crippen LogP contribution in [0.5, 0.6) is 0 Å². The van der Waals surface area contributed by atoms with Crippen LogP contribution in [0.1, 0.15) is 12.0 Å². The lowest BCUT2D eigenvalue weighted by molar-refractivity contribution is -0.383. The number of nitrogens with zero attached hydrogens (tertiary/aromatic N) is 1. The van der Waals surface area contributed by atoms with E-state index in [1.807, 2.05) is 30.3 Å². The molecule has 0 saturated carbocycles. The maximum atomic E-state index is 11.5. The zero-order valence-electron chi connectivity index (χ0n) is 12.0. The number of hydrogen-bond acceptors (Lipinski definition) is 6. The number of nitro groups is 1. The summed E-state index contributed by atoms with van der Waals surface area (Å²) in [6.07, 6.45) is 2.70. The molecule has 1 N–H and O–H groups in total. The summed E-state index contributed by atoms with van der Waals surface area (Å²) in [4.78, 5) is 10.4. The summed E-state index contributed by atoms with van der Waals surface area (Å²) in [5, 5.41) is 14.3. The topological polar surface area (TPSA) is 89.3 Å². The van der Waals surface area contributed by atoms with Gasteiger partial charge in [-0.3, -0.25) is 10.1 Å². The molecule has 6 nitrogen and oxygen atoms in total. The van der Waals surface area contributed by atoms with E-state index in [9.17, 15) is 18.5 Å². The lowest BCUT2D eigenvalue weighted by Crippen LogP contribution is -2.03. The van der Waals surface area contributed by atoms with Gasteiger partial charge < -0.3 is 5.32 Å². The minimum atomic E-state index is -3.44. The van der Waals surface area contributed by atoms with Crippen molar-refractivity contribution in [3.8, 4) is 0 Å². The number of sulfone groups is 1. The van der Waals surface area contributed by atoms with Crippen molar-refractivity contribution < 1.29 is 13.3 Å². The Morgan fingerprint density at radius 1 is 1.27 bits per heavy atom. The highest BCUT2D eigenvalue weighted by Crippen LogP contribution is 2.36. The Morgan fingerprint density at radius 2 is 1.95 bits per heavy atom. The molecule has 2 rings (SSSR count). The van der Waals surface area contributed by atoms with Crippen LogP contribution in [0.4, 0.5) is 10.7 Å². The van der Waals surface area contributed by atoms with E-state index >= 15 is 0 Å². The summed E-state index contributed by atoms with van der Waals surface area (Å²) in [6, 6.07) is 11.0. The number of rotatable bonds is 7. The fraction of sp³-hybridized carbons (Fsp3) is 0.286. The molecular weight excluding hydrogens is 324 g/mol. The van der Waals surface area contributed by atoms with Crippen molar-refractivity contribution in [2.45, 2.75) is 17.1 Å². The first-order valence-corrected chi connectivity index (χ1v) is 9.35. The van der Waals surface area contributed by atoms with E-state index in [0.717, 1.165) is 36.5 Å². The second-order valence-electron chi connectivity index (χ2n) is 4.83. The smallest absolute Gasteiger partial charge is 0.304 e. The molecule has 0 unspecified atom stereocenters. The van der Waals surface area contributed by atoms with Gasteiger partial charge in [0, 0.05) is 18.9 Å². The molecule has 0 radical (unpaired) electrons. The van der Waals surface area contributed by atoms with Gasteiger partial charge in [0.05, 0.1) is 4.92 Å². The summed E-state index contributed by atoms with van der Waals surface area (Å²) in [6.45, 7) is 0.541. The van der Waals surface area contributed by atoms with Crippen molar-refractivity contribution in [1.82, 2.24) is 0 Å². The average molecular weight is 340 g/mol. The van der Waals surface area contributed by atoms with Crippen LogP contribution in [0.2, 0.25) is 0 Å². The Morgan fingerprint density at radius 3 is 2.55 bits per heavy atom. The van der Waals surface area contributed by atoms with Crippen LogP contribution in [0.25, 0.3) is 0 Å². The molecule has 8 heteroatoms. The molecule has 2 aromatic rings. The van der Waals surface area contributed by atoms with Gasteiger partial charge >= 0.3 is 5.69 Å². The molecular formula is C14H16N2O4S2. The molecule has 22 heavy (non-hydrogen) atoms. The molecule has 0 saturated heterocycles. The first-order valence-electron chi connectivity index (χ1n) is 6.64. The van der Waals surface area contributed by atoms with Crippen molar-refractivity contribution in [2.75, 3.05) is 18.1 Å². The van der Waals surface area contributed by atoms with E-state index in [0.29, 0.717) is 11.5 Å². The van der Waals surface area contributed by atoms with Crippen LogP contribution in [0.3, 0.4) is 0 Å². The van der Waals surface area contributed by atoms with Crippen LogP contribution in [-0.4, -0.2) is 26.1 Å². The van der Waals surface area contributed by atoms with E-state index in [4.69, 9.17) is 0 Å². The normalized spacial score (nSPS) is 11.3. The van der Waals surface area contributed by atoms with Gasteiger partial charge in [0.1, 0.15) is 4.21 Å². The Labute approximate surface area is 132 Å². The maximum absolute atomic E-state index is 11.5. The van der Waals surface area contributed by atoms with Gasteiger partial charge in [-0.15, -0.1) is 0 Å². The fourth-order valence-electron chi connectivity index (χ4n) is 1.94. The van der Waals surface area contributed by atoms with E-state index in [1.54, 1.807) is 0 Å². The standard InChI is InChI=1S/C14H16N2O4S2/c1-22(19,20)13-10-12(16(17)18)14(21-13)15-9-5-8-11-6-3-2-4-7-11/h2-4,6-7,10,15H,5,8-9H2,1H3. The number of aryl methyl sites for hydroxylation is 1. The molecule has 0 aliphatic rings. The molecule has 0 aliphatic heterocycles. The lowest BCUT2D eigenvalue weighted by Gasteiger charge is -2.04. The van der Waals surface area contributed by atoms with Crippen molar-refractivity contribution in [2.24, 2.45) is 0 Å². The van der Waals surface area contributed by atoms with Crippen LogP contribution in [0, 0.1) is 10.1 Å². The van der Waals surface area contributed by atoms with Gasteiger partial charge in [-0.25, -0.2) is 8.42 Å². The number of nitrogens with one attached hydrogen (secondary N) is 1. The van der Waals surface area contributed by atoms with Gasteiger partial charge in [-0.05, 0) is 18.4 Å². The van der Waals surface area contributed by atoms with Crippen LogP contribution in [0.15, 0.2) is 40.6 Å². The van der Waals surface area contributed by atoms with Crippen molar-refractivity contribution in [1.29, 1.82) is 0 Å². The van der Waals surface area contributed by atoms with Gasteiger partial charge in [0.25, 0.3) is 0 Å². The lowest BCUT2D eigenvalue weighted by atomic mass is 10.1. The summed E-state index contributed by atoms with van der Waals surface area (Å²) < 4.78 is 23.0. The third-order valence-corrected chi connectivity index (χ3v) is 5.91. The summed E-state index contributed by atoms with van der Waals surface area (Å²) in [5.74, 6) is 0. The molecule has 0 atom stereocenters. The summed E-state index contributed by atoms with van der Waals surface area (Å²) in [5.41, 5.74) is 1.01. The monoisotopic (exact) mass is 340 g/mol. The van der Waals surface area contributed by atoms with Crippen molar-refractivity contribution in [3.63, 3.8) is 0 Å². The zero-order valence-corrected chi connectivity index (χ0v) is 13.6. The van der Waals surface area contributed by atoms with Gasteiger partial charge in [-0.1, -0.05) is 41.7 Å². The third kappa shape index (κ3) is 4.28. The highest BCUT2D eigenvalue weighted by atomic mass is 32.2. The SMILES string of the molecule is CS(=O)(=O)c1cc([N+](=O)[O-])c(NCCCc2ccccc2)s1. The minimum absolute atomic E-state index is 0.00441. The van der Waals surface area contributed by atoms with E-state index < -0.39 is 14.8 Å². The van der Waals surface area contributed by atoms with Crippen LogP contribution in [-0.2, 0) is 16.3 Å². The fourth-order valence-corrected chi connectivity index (χ4v) is 3.91. The molecule has 118 valence electrons. The third-order valence-electron chi connectivity index (χ3n) is 3.02. The van der Waals surface area contributed by atoms with Crippen molar-refractivity contribution in [3.05, 3.63) is 52.1 Å². The number of anilines is 1. The summed E-state index contributed by atoms with van der Waals surface area (Å²) in [7, 11) is -3.44. The van der Waals surface area contributed by atoms with Crippen LogP contribution >= 0.6 is 11.3 Å². The molecule has 0 spiro atoms. The quantitative estimate of drug-likeness (QED) is 0.475. The Balaban J connectivity index is 2.00. The van der Waals surface area contributed by atoms with Crippen LogP contribution < -0.4 is 5.32 Å². The minimum Gasteiger partial charge on any atom is -0.371 e. The highest BCUT2D eigenvalue weighted by molar-refractivity contribution is 7.92.